The van der Waals surface area contributed by atoms with Gasteiger partial charge in [0.2, 0.25) is 5.91 Å². The Hall–Kier alpha value is -1.82. The van der Waals surface area contributed by atoms with E-state index in [0.717, 1.165) is 51.6 Å². The average Bonchev–Trinajstić information content (AvgIpc) is 3.35. The second-order valence-corrected chi connectivity index (χ2v) is 7.66. The van der Waals surface area contributed by atoms with Gasteiger partial charge in [-0.15, -0.1) is 0 Å². The molecule has 1 aromatic rings. The van der Waals surface area contributed by atoms with Gasteiger partial charge in [-0.25, -0.2) is 0 Å². The summed E-state index contributed by atoms with van der Waals surface area (Å²) in [5.74, 6) is 0.547. The first kappa shape index (κ1) is 16.6. The molecule has 4 rings (SSSR count). The third-order valence-corrected chi connectivity index (χ3v) is 5.85. The Kier molecular flexibility index (Phi) is 4.31. The van der Waals surface area contributed by atoms with Crippen molar-refractivity contribution in [2.24, 2.45) is 5.92 Å². The Morgan fingerprint density at radius 3 is 2.72 bits per heavy atom. The van der Waals surface area contributed by atoms with Crippen LogP contribution in [0.2, 0.25) is 0 Å². The van der Waals surface area contributed by atoms with Crippen molar-refractivity contribution in [2.45, 2.75) is 57.2 Å². The molecule has 3 fully saturated rings. The van der Waals surface area contributed by atoms with Crippen LogP contribution in [-0.4, -0.2) is 53.1 Å². The Bertz CT molecular complexity index is 638. The minimum Gasteiger partial charge on any atom is -0.459 e. The van der Waals surface area contributed by atoms with E-state index >= 15 is 0 Å². The van der Waals surface area contributed by atoms with Gasteiger partial charge >= 0.3 is 0 Å². The summed E-state index contributed by atoms with van der Waals surface area (Å²) < 4.78 is 11.5. The molecule has 3 heterocycles. The van der Waals surface area contributed by atoms with Crippen LogP contribution in [0.4, 0.5) is 0 Å². The molecule has 6 heteroatoms. The van der Waals surface area contributed by atoms with Crippen LogP contribution < -0.4 is 0 Å². The molecule has 1 spiro atoms. The quantitative estimate of drug-likeness (QED) is 0.826. The number of likely N-dealkylation sites (tertiary alicyclic amines) is 1. The van der Waals surface area contributed by atoms with Crippen molar-refractivity contribution >= 4 is 11.8 Å². The Labute approximate surface area is 148 Å². The van der Waals surface area contributed by atoms with Gasteiger partial charge in [-0.05, 0) is 50.2 Å². The summed E-state index contributed by atoms with van der Waals surface area (Å²) in [6.45, 7) is 4.03. The van der Waals surface area contributed by atoms with E-state index in [2.05, 4.69) is 6.92 Å². The second kappa shape index (κ2) is 6.48. The number of hydrogen-bond donors (Lipinski definition) is 0. The highest BCUT2D eigenvalue weighted by Gasteiger charge is 2.55. The van der Waals surface area contributed by atoms with Crippen LogP contribution >= 0.6 is 0 Å². The standard InChI is InChI=1S/C19H26N2O4/c1-14-6-4-8-19(12-14)21(18(23)16-7-5-11-24-16)15(13-25-19)17(22)20-9-2-3-10-20/h5,7,11,14-15H,2-4,6,8-10,12-13H2,1H3. The molecule has 1 aliphatic carbocycles. The number of ether oxygens (including phenoxy) is 1. The monoisotopic (exact) mass is 346 g/mol. The summed E-state index contributed by atoms with van der Waals surface area (Å²) in [5, 5.41) is 0. The fraction of sp³-hybridized carbons (Fsp3) is 0.684. The molecule has 0 bridgehead atoms. The number of rotatable bonds is 2. The van der Waals surface area contributed by atoms with Gasteiger partial charge in [0.1, 0.15) is 11.8 Å². The smallest absolute Gasteiger partial charge is 0.292 e. The molecule has 1 saturated carbocycles. The molecule has 3 unspecified atom stereocenters. The van der Waals surface area contributed by atoms with Crippen LogP contribution in [0.25, 0.3) is 0 Å². The fourth-order valence-electron chi connectivity index (χ4n) is 4.66. The van der Waals surface area contributed by atoms with Crippen molar-refractivity contribution in [1.29, 1.82) is 0 Å². The Morgan fingerprint density at radius 1 is 1.24 bits per heavy atom. The van der Waals surface area contributed by atoms with Crippen LogP contribution in [0.3, 0.4) is 0 Å². The molecule has 0 N–H and O–H groups in total. The van der Waals surface area contributed by atoms with E-state index in [9.17, 15) is 9.59 Å². The molecule has 3 atom stereocenters. The molecule has 25 heavy (non-hydrogen) atoms. The maximum Gasteiger partial charge on any atom is 0.292 e. The van der Waals surface area contributed by atoms with Gasteiger partial charge in [0, 0.05) is 13.1 Å². The van der Waals surface area contributed by atoms with Gasteiger partial charge in [0.15, 0.2) is 5.76 Å². The largest absolute Gasteiger partial charge is 0.459 e. The third kappa shape index (κ3) is 2.86. The zero-order valence-electron chi connectivity index (χ0n) is 14.8. The lowest BCUT2D eigenvalue weighted by atomic mass is 9.83. The highest BCUT2D eigenvalue weighted by molar-refractivity contribution is 5.96. The van der Waals surface area contributed by atoms with Gasteiger partial charge < -0.3 is 14.1 Å². The number of furan rings is 1. The van der Waals surface area contributed by atoms with Crippen LogP contribution in [0.5, 0.6) is 0 Å². The van der Waals surface area contributed by atoms with E-state index in [1.807, 2.05) is 4.90 Å². The van der Waals surface area contributed by atoms with Gasteiger partial charge in [-0.1, -0.05) is 13.3 Å². The number of hydrogen-bond acceptors (Lipinski definition) is 4. The van der Waals surface area contributed by atoms with E-state index in [1.165, 1.54) is 6.26 Å². The molecular weight excluding hydrogens is 320 g/mol. The minimum absolute atomic E-state index is 0.0208. The molecule has 0 aromatic carbocycles. The molecule has 6 nitrogen and oxygen atoms in total. The Balaban J connectivity index is 1.66. The van der Waals surface area contributed by atoms with E-state index in [4.69, 9.17) is 9.15 Å². The summed E-state index contributed by atoms with van der Waals surface area (Å²) in [6.07, 6.45) is 7.28. The van der Waals surface area contributed by atoms with Crippen molar-refractivity contribution in [3.63, 3.8) is 0 Å². The number of amides is 2. The summed E-state index contributed by atoms with van der Waals surface area (Å²) >= 11 is 0. The maximum absolute atomic E-state index is 13.2. The van der Waals surface area contributed by atoms with Gasteiger partial charge in [-0.3, -0.25) is 14.5 Å². The first-order chi connectivity index (χ1) is 12.1. The number of carbonyl (C=O) groups excluding carboxylic acids is 2. The van der Waals surface area contributed by atoms with Crippen LogP contribution in [-0.2, 0) is 9.53 Å². The second-order valence-electron chi connectivity index (χ2n) is 7.66. The van der Waals surface area contributed by atoms with Crippen molar-refractivity contribution in [3.8, 4) is 0 Å². The zero-order valence-corrected chi connectivity index (χ0v) is 14.8. The Morgan fingerprint density at radius 2 is 2.04 bits per heavy atom. The first-order valence-electron chi connectivity index (χ1n) is 9.41. The zero-order chi connectivity index (χ0) is 17.4. The summed E-state index contributed by atoms with van der Waals surface area (Å²) in [5.41, 5.74) is -0.665. The SMILES string of the molecule is CC1CCCC2(C1)OCC(C(=O)N1CCCC1)N2C(=O)c1ccco1. The summed E-state index contributed by atoms with van der Waals surface area (Å²) in [4.78, 5) is 29.8. The molecule has 3 aliphatic rings. The highest BCUT2D eigenvalue weighted by Crippen LogP contribution is 2.43. The van der Waals surface area contributed by atoms with Gasteiger partial charge in [0.25, 0.3) is 5.91 Å². The highest BCUT2D eigenvalue weighted by atomic mass is 16.5. The van der Waals surface area contributed by atoms with Crippen LogP contribution in [0.1, 0.15) is 56.0 Å². The van der Waals surface area contributed by atoms with Crippen molar-refractivity contribution in [2.75, 3.05) is 19.7 Å². The molecule has 136 valence electrons. The fourth-order valence-corrected chi connectivity index (χ4v) is 4.66. The third-order valence-electron chi connectivity index (χ3n) is 5.85. The first-order valence-corrected chi connectivity index (χ1v) is 9.41. The molecule has 1 aromatic heterocycles. The summed E-state index contributed by atoms with van der Waals surface area (Å²) in [7, 11) is 0. The van der Waals surface area contributed by atoms with E-state index in [1.54, 1.807) is 17.0 Å². The van der Waals surface area contributed by atoms with Crippen molar-refractivity contribution in [3.05, 3.63) is 24.2 Å². The van der Waals surface area contributed by atoms with Crippen molar-refractivity contribution < 1.29 is 18.7 Å². The lowest BCUT2D eigenvalue weighted by molar-refractivity contribution is -0.137. The molecule has 2 amide bonds. The minimum atomic E-state index is -0.665. The van der Waals surface area contributed by atoms with Crippen molar-refractivity contribution in [1.82, 2.24) is 9.80 Å². The van der Waals surface area contributed by atoms with E-state index < -0.39 is 11.8 Å². The topological polar surface area (TPSA) is 63.0 Å². The predicted molar refractivity (Wildman–Crippen MR) is 90.8 cm³/mol. The van der Waals surface area contributed by atoms with Crippen LogP contribution in [0.15, 0.2) is 22.8 Å². The van der Waals surface area contributed by atoms with Gasteiger partial charge in [0.05, 0.1) is 12.9 Å². The molecular formula is C19H26N2O4. The lowest BCUT2D eigenvalue weighted by Gasteiger charge is -2.43. The molecule has 0 radical (unpaired) electrons. The molecule has 2 aliphatic heterocycles. The lowest BCUT2D eigenvalue weighted by Crippen LogP contribution is -2.57. The van der Waals surface area contributed by atoms with Gasteiger partial charge in [-0.2, -0.15) is 0 Å². The van der Waals surface area contributed by atoms with E-state index in [0.29, 0.717) is 5.92 Å². The maximum atomic E-state index is 13.2. The van der Waals surface area contributed by atoms with Crippen LogP contribution in [0, 0.1) is 5.92 Å². The average molecular weight is 346 g/mol. The number of carbonyl (C=O) groups is 2. The predicted octanol–water partition coefficient (Wildman–Crippen LogP) is 2.65. The summed E-state index contributed by atoms with van der Waals surface area (Å²) in [6, 6.07) is 2.83. The van der Waals surface area contributed by atoms with E-state index in [-0.39, 0.29) is 24.2 Å². The normalized spacial score (nSPS) is 32.5. The number of nitrogens with zero attached hydrogens (tertiary/aromatic N) is 2. The molecule has 2 saturated heterocycles.